The van der Waals surface area contributed by atoms with E-state index in [4.69, 9.17) is 26.6 Å². The quantitative estimate of drug-likeness (QED) is 0.238. The van der Waals surface area contributed by atoms with Gasteiger partial charge in [-0.05, 0) is 17.2 Å². The lowest BCUT2D eigenvalue weighted by Gasteiger charge is -2.28. The van der Waals surface area contributed by atoms with Gasteiger partial charge in [-0.15, -0.1) is 0 Å². The molecule has 0 saturated heterocycles. The molecule has 1 aromatic rings. The van der Waals surface area contributed by atoms with E-state index in [-0.39, 0.29) is 31.0 Å². The highest BCUT2D eigenvalue weighted by Gasteiger charge is 2.40. The van der Waals surface area contributed by atoms with Gasteiger partial charge in [0, 0.05) is 28.6 Å². The van der Waals surface area contributed by atoms with Crippen LogP contribution < -0.4 is 0 Å². The van der Waals surface area contributed by atoms with Gasteiger partial charge in [-0.25, -0.2) is 4.79 Å². The molecule has 27 heavy (non-hydrogen) atoms. The number of methoxy groups -OCH3 is 1. The number of ether oxygens (including phenoxy) is 2. The molecule has 10 heteroatoms. The second kappa shape index (κ2) is 9.72. The Labute approximate surface area is 159 Å². The largest absolute Gasteiger partial charge is 0.478 e. The minimum atomic E-state index is -1.24. The Balaban J connectivity index is 2.44. The Hall–Kier alpha value is -2.87. The van der Waals surface area contributed by atoms with E-state index in [2.05, 4.69) is 15.0 Å². The van der Waals surface area contributed by atoms with E-state index in [1.165, 1.54) is 13.3 Å². The zero-order valence-corrected chi connectivity index (χ0v) is 15.2. The van der Waals surface area contributed by atoms with Crippen molar-refractivity contribution in [3.05, 3.63) is 56.6 Å². The second-order valence-electron chi connectivity index (χ2n) is 5.50. The number of halogens is 1. The second-order valence-corrected chi connectivity index (χ2v) is 5.91. The minimum Gasteiger partial charge on any atom is -0.478 e. The van der Waals surface area contributed by atoms with Gasteiger partial charge in [0.25, 0.3) is 0 Å². The molecule has 2 unspecified atom stereocenters. The fraction of sp³-hybridized carbons (Fsp3) is 0.353. The number of azide groups is 1. The third-order valence-corrected chi connectivity index (χ3v) is 4.30. The number of carbonyl (C=O) groups is 2. The van der Waals surface area contributed by atoms with Crippen LogP contribution in [-0.4, -0.2) is 50.1 Å². The molecule has 142 valence electrons. The van der Waals surface area contributed by atoms with Crippen LogP contribution in [0.5, 0.6) is 0 Å². The van der Waals surface area contributed by atoms with Crippen LogP contribution >= 0.6 is 11.6 Å². The number of carbonyl (C=O) groups excluding carboxylic acids is 1. The zero-order chi connectivity index (χ0) is 19.8. The molecule has 0 radical (unpaired) electrons. The average Bonchev–Trinajstić information content (AvgIpc) is 2.67. The van der Waals surface area contributed by atoms with Crippen LogP contribution in [0.15, 0.2) is 45.6 Å². The molecule has 0 bridgehead atoms. The van der Waals surface area contributed by atoms with Crippen LogP contribution in [0.1, 0.15) is 11.5 Å². The van der Waals surface area contributed by atoms with Crippen molar-refractivity contribution < 1.29 is 24.2 Å². The van der Waals surface area contributed by atoms with Gasteiger partial charge in [0.1, 0.15) is 5.92 Å². The predicted octanol–water partition coefficient (Wildman–Crippen LogP) is 2.96. The molecular weight excluding hydrogens is 376 g/mol. The van der Waals surface area contributed by atoms with Crippen LogP contribution in [0.2, 0.25) is 5.02 Å². The predicted molar refractivity (Wildman–Crippen MR) is 97.7 cm³/mol. The van der Waals surface area contributed by atoms with E-state index in [1.807, 2.05) is 0 Å². The van der Waals surface area contributed by atoms with Crippen molar-refractivity contribution in [3.63, 3.8) is 0 Å². The maximum Gasteiger partial charge on any atom is 0.334 e. The SMILES string of the molecule is COC(=O)C1C=NC(COCCN=[N+]=[N-])=C(C(=O)O)C1c1ccccc1Cl. The maximum atomic E-state index is 12.2. The van der Waals surface area contributed by atoms with Crippen LogP contribution in [0, 0.1) is 5.92 Å². The molecule has 9 nitrogen and oxygen atoms in total. The fourth-order valence-corrected chi connectivity index (χ4v) is 3.04. The lowest BCUT2D eigenvalue weighted by Crippen LogP contribution is -2.32. The van der Waals surface area contributed by atoms with E-state index in [1.54, 1.807) is 24.3 Å². The molecule has 1 aliphatic rings. The zero-order valence-electron chi connectivity index (χ0n) is 14.4. The number of hydrogen-bond donors (Lipinski definition) is 1. The molecule has 0 amide bonds. The van der Waals surface area contributed by atoms with Gasteiger partial charge in [-0.3, -0.25) is 9.79 Å². The molecular formula is C17H17ClN4O5. The highest BCUT2D eigenvalue weighted by molar-refractivity contribution is 6.31. The van der Waals surface area contributed by atoms with E-state index in [0.717, 1.165) is 0 Å². The van der Waals surface area contributed by atoms with Gasteiger partial charge >= 0.3 is 11.9 Å². The van der Waals surface area contributed by atoms with Gasteiger partial charge < -0.3 is 14.6 Å². The normalized spacial score (nSPS) is 18.7. The van der Waals surface area contributed by atoms with Gasteiger partial charge in [0.05, 0.1) is 31.6 Å². The third kappa shape index (κ3) is 4.85. The number of nitrogens with zero attached hydrogens (tertiary/aromatic N) is 4. The van der Waals surface area contributed by atoms with Gasteiger partial charge in [0.15, 0.2) is 0 Å². The molecule has 1 aromatic carbocycles. The van der Waals surface area contributed by atoms with Crippen molar-refractivity contribution in [2.75, 3.05) is 26.9 Å². The summed E-state index contributed by atoms with van der Waals surface area (Å²) in [6.45, 7) is 0.0930. The van der Waals surface area contributed by atoms with Crippen molar-refractivity contribution >= 4 is 29.8 Å². The van der Waals surface area contributed by atoms with Crippen molar-refractivity contribution in [3.8, 4) is 0 Å². The van der Waals surface area contributed by atoms with E-state index in [9.17, 15) is 14.7 Å². The van der Waals surface area contributed by atoms with Crippen LogP contribution in [-0.2, 0) is 19.1 Å². The molecule has 0 aromatic heterocycles. The monoisotopic (exact) mass is 392 g/mol. The summed E-state index contributed by atoms with van der Waals surface area (Å²) in [5.41, 5.74) is 8.80. The first-order valence-corrected chi connectivity index (χ1v) is 8.30. The van der Waals surface area contributed by atoms with Crippen LogP contribution in [0.4, 0.5) is 0 Å². The summed E-state index contributed by atoms with van der Waals surface area (Å²) >= 11 is 6.26. The topological polar surface area (TPSA) is 134 Å². The summed E-state index contributed by atoms with van der Waals surface area (Å²) in [5.74, 6) is -3.67. The number of rotatable bonds is 8. The molecule has 1 aliphatic heterocycles. The Kier molecular flexibility index (Phi) is 7.36. The first kappa shape index (κ1) is 20.4. The molecule has 1 heterocycles. The Morgan fingerprint density at radius 1 is 1.41 bits per heavy atom. The smallest absolute Gasteiger partial charge is 0.334 e. The summed E-state index contributed by atoms with van der Waals surface area (Å²) in [6.07, 6.45) is 1.35. The lowest BCUT2D eigenvalue weighted by molar-refractivity contribution is -0.143. The fourth-order valence-electron chi connectivity index (χ4n) is 2.78. The number of aliphatic imine (C=N–C) groups is 1. The standard InChI is InChI=1S/C17H17ClN4O5/c1-26-17(25)11-8-20-13(9-27-7-6-21-22-19)15(16(23)24)14(11)10-4-2-3-5-12(10)18/h2-5,8,11,14H,6-7,9H2,1H3,(H,23,24). The number of hydrogen-bond acceptors (Lipinski definition) is 6. The molecule has 1 N–H and O–H groups in total. The van der Waals surface area contributed by atoms with Crippen LogP contribution in [0.3, 0.4) is 0 Å². The maximum absolute atomic E-state index is 12.2. The Morgan fingerprint density at radius 2 is 2.15 bits per heavy atom. The molecule has 2 atom stereocenters. The van der Waals surface area contributed by atoms with E-state index >= 15 is 0 Å². The summed E-state index contributed by atoms with van der Waals surface area (Å²) < 4.78 is 10.1. The Morgan fingerprint density at radius 3 is 2.78 bits per heavy atom. The lowest BCUT2D eigenvalue weighted by atomic mass is 9.78. The summed E-state index contributed by atoms with van der Waals surface area (Å²) in [6, 6.07) is 6.69. The van der Waals surface area contributed by atoms with Gasteiger partial charge in [-0.2, -0.15) is 0 Å². The molecule has 0 saturated carbocycles. The minimum absolute atomic E-state index is 0.0928. The summed E-state index contributed by atoms with van der Waals surface area (Å²) in [4.78, 5) is 30.9. The number of esters is 1. The average molecular weight is 393 g/mol. The molecule has 2 rings (SSSR count). The number of carboxylic acids is 1. The van der Waals surface area contributed by atoms with Gasteiger partial charge in [0.2, 0.25) is 0 Å². The summed E-state index contributed by atoms with van der Waals surface area (Å²) in [7, 11) is 1.22. The van der Waals surface area contributed by atoms with Crippen molar-refractivity contribution in [2.24, 2.45) is 16.0 Å². The van der Waals surface area contributed by atoms with E-state index < -0.39 is 23.8 Å². The number of aliphatic carboxylic acids is 1. The highest BCUT2D eigenvalue weighted by Crippen LogP contribution is 2.40. The van der Waals surface area contributed by atoms with Crippen molar-refractivity contribution in [2.45, 2.75) is 5.92 Å². The molecule has 0 spiro atoms. The van der Waals surface area contributed by atoms with E-state index in [0.29, 0.717) is 10.6 Å². The number of carboxylic acid groups (broad SMARTS) is 1. The number of benzene rings is 1. The van der Waals surface area contributed by atoms with Crippen LogP contribution in [0.25, 0.3) is 10.4 Å². The van der Waals surface area contributed by atoms with Crippen molar-refractivity contribution in [1.29, 1.82) is 0 Å². The molecule has 0 aliphatic carbocycles. The Bertz CT molecular complexity index is 832. The van der Waals surface area contributed by atoms with Gasteiger partial charge in [-0.1, -0.05) is 34.9 Å². The highest BCUT2D eigenvalue weighted by atomic mass is 35.5. The first-order chi connectivity index (χ1) is 13.0. The van der Waals surface area contributed by atoms with Crippen molar-refractivity contribution in [1.82, 2.24) is 0 Å². The summed E-state index contributed by atoms with van der Waals surface area (Å²) in [5, 5.41) is 13.5. The first-order valence-electron chi connectivity index (χ1n) is 7.92. The molecule has 0 fully saturated rings. The third-order valence-electron chi connectivity index (χ3n) is 3.95.